The molecule has 0 aliphatic rings. The van der Waals surface area contributed by atoms with Crippen LogP contribution in [0.15, 0.2) is 0 Å². The summed E-state index contributed by atoms with van der Waals surface area (Å²) in [4.78, 5) is 10.9. The molecule has 0 N–H and O–H groups in total. The quantitative estimate of drug-likeness (QED) is 0.395. The van der Waals surface area contributed by atoms with E-state index in [0.29, 0.717) is 0 Å². The molecule has 36 valence electrons. The maximum atomic E-state index is 9.43. The van der Waals surface area contributed by atoms with E-state index in [1.807, 2.05) is 0 Å². The molecule has 0 spiro atoms. The van der Waals surface area contributed by atoms with Crippen molar-refractivity contribution in [2.24, 2.45) is 0 Å². The van der Waals surface area contributed by atoms with E-state index in [9.17, 15) is 4.79 Å². The summed E-state index contributed by atoms with van der Waals surface area (Å²) in [6.07, 6.45) is 0.750. The summed E-state index contributed by atoms with van der Waals surface area (Å²) in [5.41, 5.74) is 0. The monoisotopic (exact) mass is 175 g/mol. The Morgan fingerprint density at radius 2 is 1.67 bits per heavy atom. The molecule has 0 heterocycles. The number of hydrogen-bond donors (Lipinski definition) is 0. The molecular formula is C3H7NORu+2. The fraction of sp³-hybridized carbons (Fsp3) is 0.667. The Hall–Kier alpha value is 0.0934. The third kappa shape index (κ3) is 8.94. The number of hydrogen-bond acceptors (Lipinski definition) is 1. The van der Waals surface area contributed by atoms with Crippen LogP contribution in [0.3, 0.4) is 0 Å². The standard InChI is InChI=1S/C3H7NO.Ru/c1-4(2)3-5;/h3H,1-2H3;/q;+2. The summed E-state index contributed by atoms with van der Waals surface area (Å²) in [5.74, 6) is 0. The molecule has 0 bridgehead atoms. The summed E-state index contributed by atoms with van der Waals surface area (Å²) in [6, 6.07) is 0. The number of carbonyl (C=O) groups excluding carboxylic acids is 1. The molecular weight excluding hydrogens is 167 g/mol. The molecule has 0 saturated heterocycles. The minimum absolute atomic E-state index is 0. The average molecular weight is 174 g/mol. The Balaban J connectivity index is 0. The summed E-state index contributed by atoms with van der Waals surface area (Å²) in [7, 11) is 3.38. The normalized spacial score (nSPS) is 5.67. The maximum Gasteiger partial charge on any atom is 2.00 e. The third-order valence-electron chi connectivity index (χ3n) is 0.211. The first-order valence-electron chi connectivity index (χ1n) is 1.39. The Morgan fingerprint density at radius 3 is 1.67 bits per heavy atom. The van der Waals surface area contributed by atoms with Crippen molar-refractivity contribution in [1.29, 1.82) is 0 Å². The van der Waals surface area contributed by atoms with E-state index in [4.69, 9.17) is 0 Å². The van der Waals surface area contributed by atoms with E-state index in [0.717, 1.165) is 6.41 Å². The zero-order chi connectivity index (χ0) is 4.28. The zero-order valence-corrected chi connectivity index (χ0v) is 5.52. The van der Waals surface area contributed by atoms with Crippen LogP contribution in [0.5, 0.6) is 0 Å². The number of nitrogens with zero attached hydrogens (tertiary/aromatic N) is 1. The molecule has 0 atom stereocenters. The largest absolute Gasteiger partial charge is 2.00 e. The molecule has 0 aliphatic heterocycles. The van der Waals surface area contributed by atoms with Gasteiger partial charge >= 0.3 is 19.5 Å². The molecule has 0 unspecified atom stereocenters. The Kier molecular flexibility index (Phi) is 8.01. The van der Waals surface area contributed by atoms with Gasteiger partial charge in [0.25, 0.3) is 0 Å². The summed E-state index contributed by atoms with van der Waals surface area (Å²) in [6.45, 7) is 0. The third-order valence-corrected chi connectivity index (χ3v) is 0.211. The molecule has 0 aromatic rings. The van der Waals surface area contributed by atoms with Crippen molar-refractivity contribution in [3.8, 4) is 0 Å². The van der Waals surface area contributed by atoms with Gasteiger partial charge in [-0.05, 0) is 0 Å². The number of amides is 1. The maximum absolute atomic E-state index is 9.43. The van der Waals surface area contributed by atoms with Gasteiger partial charge in [0, 0.05) is 14.1 Å². The van der Waals surface area contributed by atoms with Crippen LogP contribution in [0, 0.1) is 0 Å². The fourth-order valence-electron chi connectivity index (χ4n) is 0. The van der Waals surface area contributed by atoms with Crippen LogP contribution in [0.4, 0.5) is 0 Å². The molecule has 0 saturated carbocycles. The Labute approximate surface area is 50.3 Å². The molecule has 2 nitrogen and oxygen atoms in total. The Bertz CT molecular complexity index is 37.8. The van der Waals surface area contributed by atoms with Crippen molar-refractivity contribution < 1.29 is 24.3 Å². The van der Waals surface area contributed by atoms with Crippen LogP contribution >= 0.6 is 0 Å². The van der Waals surface area contributed by atoms with Crippen molar-refractivity contribution >= 4 is 6.41 Å². The number of carbonyl (C=O) groups is 1. The molecule has 0 aromatic heterocycles. The summed E-state index contributed by atoms with van der Waals surface area (Å²) in [5, 5.41) is 0. The molecule has 6 heavy (non-hydrogen) atoms. The van der Waals surface area contributed by atoms with Crippen LogP contribution in [0.25, 0.3) is 0 Å². The van der Waals surface area contributed by atoms with Gasteiger partial charge in [0.05, 0.1) is 0 Å². The van der Waals surface area contributed by atoms with Crippen LogP contribution in [-0.4, -0.2) is 25.4 Å². The van der Waals surface area contributed by atoms with Crippen LogP contribution in [-0.2, 0) is 24.3 Å². The van der Waals surface area contributed by atoms with Crippen molar-refractivity contribution in [3.63, 3.8) is 0 Å². The van der Waals surface area contributed by atoms with E-state index in [2.05, 4.69) is 0 Å². The van der Waals surface area contributed by atoms with Crippen LogP contribution in [0.1, 0.15) is 0 Å². The SMILES string of the molecule is CN(C)C=O.[Ru+2]. The molecule has 0 fully saturated rings. The molecule has 0 aromatic carbocycles. The average Bonchev–Trinajstić information content (AvgIpc) is 1.38. The van der Waals surface area contributed by atoms with Crippen molar-refractivity contribution in [1.82, 2.24) is 4.90 Å². The van der Waals surface area contributed by atoms with E-state index in [1.54, 1.807) is 14.1 Å². The van der Waals surface area contributed by atoms with Crippen molar-refractivity contribution in [2.75, 3.05) is 14.1 Å². The molecule has 0 rings (SSSR count). The van der Waals surface area contributed by atoms with Gasteiger partial charge in [-0.3, -0.25) is 4.79 Å². The van der Waals surface area contributed by atoms with Gasteiger partial charge in [-0.15, -0.1) is 0 Å². The first-order valence-corrected chi connectivity index (χ1v) is 1.39. The second-order valence-electron chi connectivity index (χ2n) is 1.07. The van der Waals surface area contributed by atoms with Gasteiger partial charge in [0.15, 0.2) is 0 Å². The summed E-state index contributed by atoms with van der Waals surface area (Å²) < 4.78 is 0. The first kappa shape index (κ1) is 9.43. The predicted molar refractivity (Wildman–Crippen MR) is 19.8 cm³/mol. The second-order valence-corrected chi connectivity index (χ2v) is 1.07. The smallest absolute Gasteiger partial charge is 0.351 e. The minimum atomic E-state index is 0. The van der Waals surface area contributed by atoms with Crippen molar-refractivity contribution in [2.45, 2.75) is 0 Å². The first-order chi connectivity index (χ1) is 2.27. The van der Waals surface area contributed by atoms with Gasteiger partial charge in [-0.1, -0.05) is 0 Å². The fourth-order valence-corrected chi connectivity index (χ4v) is 0. The van der Waals surface area contributed by atoms with E-state index >= 15 is 0 Å². The zero-order valence-electron chi connectivity index (χ0n) is 3.79. The van der Waals surface area contributed by atoms with Gasteiger partial charge in [0.1, 0.15) is 0 Å². The van der Waals surface area contributed by atoms with Gasteiger partial charge in [-0.25, -0.2) is 0 Å². The van der Waals surface area contributed by atoms with Crippen LogP contribution < -0.4 is 0 Å². The molecule has 0 radical (unpaired) electrons. The number of rotatable bonds is 1. The van der Waals surface area contributed by atoms with E-state index in [-0.39, 0.29) is 19.5 Å². The second kappa shape index (κ2) is 5.09. The van der Waals surface area contributed by atoms with Gasteiger partial charge in [0.2, 0.25) is 6.41 Å². The van der Waals surface area contributed by atoms with Gasteiger partial charge in [-0.2, -0.15) is 0 Å². The minimum Gasteiger partial charge on any atom is -0.351 e. The van der Waals surface area contributed by atoms with Crippen molar-refractivity contribution in [3.05, 3.63) is 0 Å². The van der Waals surface area contributed by atoms with Crippen LogP contribution in [0.2, 0.25) is 0 Å². The molecule has 1 amide bonds. The molecule has 3 heteroatoms. The predicted octanol–water partition coefficient (Wildman–Crippen LogP) is -0.298. The summed E-state index contributed by atoms with van der Waals surface area (Å²) >= 11 is 0. The van der Waals surface area contributed by atoms with E-state index < -0.39 is 0 Å². The van der Waals surface area contributed by atoms with E-state index in [1.165, 1.54) is 4.90 Å². The molecule has 0 aliphatic carbocycles. The topological polar surface area (TPSA) is 20.3 Å². The Morgan fingerprint density at radius 1 is 1.50 bits per heavy atom. The van der Waals surface area contributed by atoms with Gasteiger partial charge < -0.3 is 4.90 Å².